The lowest BCUT2D eigenvalue weighted by atomic mass is 10.2. The van der Waals surface area contributed by atoms with E-state index in [0.717, 1.165) is 23.1 Å². The number of hydrogen-bond acceptors (Lipinski definition) is 6. The summed E-state index contributed by atoms with van der Waals surface area (Å²) in [6.45, 7) is 1.78. The monoisotopic (exact) mass is 347 g/mol. The number of nitrogens with one attached hydrogen (secondary N) is 1. The van der Waals surface area contributed by atoms with Gasteiger partial charge in [0.1, 0.15) is 11.0 Å². The van der Waals surface area contributed by atoms with Crippen LogP contribution >= 0.6 is 11.8 Å². The van der Waals surface area contributed by atoms with E-state index in [0.29, 0.717) is 10.9 Å². The number of methoxy groups -OCH3 is 1. The van der Waals surface area contributed by atoms with Crippen LogP contribution in [0.3, 0.4) is 0 Å². The zero-order chi connectivity index (χ0) is 17.5. The third-order valence-electron chi connectivity index (χ3n) is 3.07. The molecule has 2 rings (SSSR count). The smallest absolute Gasteiger partial charge is 0.305 e. The molecule has 1 aromatic carbocycles. The highest BCUT2D eigenvalue weighted by Gasteiger charge is 2.32. The van der Waals surface area contributed by atoms with Gasteiger partial charge in [-0.2, -0.15) is 5.10 Å². The summed E-state index contributed by atoms with van der Waals surface area (Å²) in [5, 5.41) is 18.8. The van der Waals surface area contributed by atoms with Crippen LogP contribution in [0, 0.1) is 0 Å². The molecule has 0 radical (unpaired) electrons. The first-order chi connectivity index (χ1) is 11.5. The van der Waals surface area contributed by atoms with Crippen LogP contribution in [-0.4, -0.2) is 40.2 Å². The number of allylic oxidation sites excluding steroid dienone is 1. The van der Waals surface area contributed by atoms with Gasteiger partial charge in [0.2, 0.25) is 5.91 Å². The van der Waals surface area contributed by atoms with Gasteiger partial charge in [0, 0.05) is 0 Å². The topological polar surface area (TPSA) is 100 Å². The van der Waals surface area contributed by atoms with Gasteiger partial charge in [0.15, 0.2) is 5.17 Å². The van der Waals surface area contributed by atoms with Gasteiger partial charge in [-0.15, -0.1) is 5.10 Å². The molecule has 1 saturated heterocycles. The highest BCUT2D eigenvalue weighted by Crippen LogP contribution is 2.22. The molecule has 1 aliphatic rings. The van der Waals surface area contributed by atoms with Crippen molar-refractivity contribution in [3.63, 3.8) is 0 Å². The van der Waals surface area contributed by atoms with E-state index in [4.69, 9.17) is 9.84 Å². The second-order valence-electron chi connectivity index (χ2n) is 4.95. The Balaban J connectivity index is 1.96. The first-order valence-electron chi connectivity index (χ1n) is 7.11. The quantitative estimate of drug-likeness (QED) is 0.606. The normalized spacial score (nSPS) is 19.8. The van der Waals surface area contributed by atoms with E-state index in [9.17, 15) is 9.59 Å². The molecule has 0 saturated carbocycles. The van der Waals surface area contributed by atoms with Crippen LogP contribution < -0.4 is 10.1 Å². The van der Waals surface area contributed by atoms with Crippen LogP contribution in [0.2, 0.25) is 0 Å². The summed E-state index contributed by atoms with van der Waals surface area (Å²) >= 11 is 1.07. The molecular formula is C16H17N3O4S. The maximum absolute atomic E-state index is 11.6. The number of carboxylic acid groups (broad SMARTS) is 1. The maximum atomic E-state index is 11.6. The molecule has 24 heavy (non-hydrogen) atoms. The van der Waals surface area contributed by atoms with Gasteiger partial charge >= 0.3 is 5.97 Å². The Morgan fingerprint density at radius 3 is 2.75 bits per heavy atom. The minimum absolute atomic E-state index is 0.240. The number of nitrogens with zero attached hydrogens (tertiary/aromatic N) is 2. The summed E-state index contributed by atoms with van der Waals surface area (Å²) in [6, 6.07) is 7.55. The average molecular weight is 347 g/mol. The molecule has 0 aliphatic carbocycles. The SMILES string of the molecule is COc1ccc(C=CC(C)=N/N=C2\NC(=O)C(CC(=O)O)S2)cc1. The predicted molar refractivity (Wildman–Crippen MR) is 94.3 cm³/mol. The van der Waals surface area contributed by atoms with Gasteiger partial charge in [-0.05, 0) is 30.7 Å². The van der Waals surface area contributed by atoms with Crippen LogP contribution in [0.25, 0.3) is 6.08 Å². The number of thioether (sulfide) groups is 1. The molecule has 1 aliphatic heterocycles. The van der Waals surface area contributed by atoms with Crippen LogP contribution in [0.4, 0.5) is 0 Å². The first-order valence-corrected chi connectivity index (χ1v) is 7.99. The molecule has 2 N–H and O–H groups in total. The second-order valence-corrected chi connectivity index (χ2v) is 6.14. The minimum atomic E-state index is -1.02. The van der Waals surface area contributed by atoms with Gasteiger partial charge in [0.05, 0.1) is 19.2 Å². The fraction of sp³-hybridized carbons (Fsp3) is 0.250. The molecule has 0 aromatic heterocycles. The average Bonchev–Trinajstić information content (AvgIpc) is 2.90. The van der Waals surface area contributed by atoms with E-state index in [1.54, 1.807) is 20.1 Å². The number of benzene rings is 1. The first kappa shape index (κ1) is 17.7. The zero-order valence-corrected chi connectivity index (χ0v) is 14.0. The lowest BCUT2D eigenvalue weighted by molar-refractivity contribution is -0.138. The fourth-order valence-electron chi connectivity index (χ4n) is 1.83. The lowest BCUT2D eigenvalue weighted by Crippen LogP contribution is -2.26. The maximum Gasteiger partial charge on any atom is 0.305 e. The van der Waals surface area contributed by atoms with E-state index >= 15 is 0 Å². The molecule has 1 heterocycles. The Kier molecular flexibility index (Phi) is 6.14. The van der Waals surface area contributed by atoms with Gasteiger partial charge in [-0.1, -0.05) is 30.0 Å². The molecule has 126 valence electrons. The molecule has 1 aromatic rings. The molecule has 1 amide bonds. The van der Waals surface area contributed by atoms with Crippen molar-refractivity contribution in [1.82, 2.24) is 5.32 Å². The number of amidine groups is 1. The van der Waals surface area contributed by atoms with Crippen molar-refractivity contribution >= 4 is 40.6 Å². The predicted octanol–water partition coefficient (Wildman–Crippen LogP) is 2.15. The lowest BCUT2D eigenvalue weighted by Gasteiger charge is -1.99. The third-order valence-corrected chi connectivity index (χ3v) is 4.14. The molecule has 8 heteroatoms. The van der Waals surface area contributed by atoms with E-state index in [1.165, 1.54) is 0 Å². The summed E-state index contributed by atoms with van der Waals surface area (Å²) < 4.78 is 5.09. The van der Waals surface area contributed by atoms with Crippen molar-refractivity contribution < 1.29 is 19.4 Å². The molecule has 0 bridgehead atoms. The van der Waals surface area contributed by atoms with Crippen molar-refractivity contribution in [1.29, 1.82) is 0 Å². The Bertz CT molecular complexity index is 711. The number of rotatable bonds is 6. The van der Waals surface area contributed by atoms with E-state index < -0.39 is 11.2 Å². The van der Waals surface area contributed by atoms with Gasteiger partial charge in [0.25, 0.3) is 0 Å². The number of carboxylic acids is 1. The number of hydrogen-bond donors (Lipinski definition) is 2. The number of carbonyl (C=O) groups is 2. The van der Waals surface area contributed by atoms with E-state index in [2.05, 4.69) is 15.5 Å². The highest BCUT2D eigenvalue weighted by atomic mass is 32.2. The van der Waals surface area contributed by atoms with Crippen molar-refractivity contribution in [3.8, 4) is 5.75 Å². The van der Waals surface area contributed by atoms with Crippen molar-refractivity contribution in [3.05, 3.63) is 35.9 Å². The summed E-state index contributed by atoms with van der Waals surface area (Å²) in [4.78, 5) is 22.2. The third kappa shape index (κ3) is 5.24. The van der Waals surface area contributed by atoms with E-state index in [1.807, 2.05) is 30.3 Å². The Morgan fingerprint density at radius 2 is 2.12 bits per heavy atom. The number of amides is 1. The summed E-state index contributed by atoms with van der Waals surface area (Å²) in [7, 11) is 1.61. The summed E-state index contributed by atoms with van der Waals surface area (Å²) in [6.07, 6.45) is 3.43. The van der Waals surface area contributed by atoms with Gasteiger partial charge < -0.3 is 15.2 Å². The number of carbonyl (C=O) groups excluding carboxylic acids is 1. The Hall–Kier alpha value is -2.61. The molecule has 1 atom stereocenters. The molecular weight excluding hydrogens is 330 g/mol. The Labute approximate surface area is 143 Å². The summed E-state index contributed by atoms with van der Waals surface area (Å²) in [5.41, 5.74) is 1.64. The van der Waals surface area contributed by atoms with Crippen molar-refractivity contribution in [2.45, 2.75) is 18.6 Å². The largest absolute Gasteiger partial charge is 0.497 e. The van der Waals surface area contributed by atoms with Crippen molar-refractivity contribution in [2.24, 2.45) is 10.2 Å². The molecule has 7 nitrogen and oxygen atoms in total. The van der Waals surface area contributed by atoms with E-state index in [-0.39, 0.29) is 12.3 Å². The van der Waals surface area contributed by atoms with Crippen LogP contribution in [-0.2, 0) is 9.59 Å². The standard InChI is InChI=1S/C16H17N3O4S/c1-10(3-4-11-5-7-12(23-2)8-6-11)18-19-16-17-15(22)13(24-16)9-14(20)21/h3-8,13H,9H2,1-2H3,(H,20,21)(H,17,19,22). The summed E-state index contributed by atoms with van der Waals surface area (Å²) in [5.74, 6) is -0.595. The molecule has 0 spiro atoms. The second kappa shape index (κ2) is 8.30. The number of aliphatic carboxylic acids is 1. The highest BCUT2D eigenvalue weighted by molar-refractivity contribution is 8.15. The van der Waals surface area contributed by atoms with Gasteiger partial charge in [-0.3, -0.25) is 9.59 Å². The molecule has 1 unspecified atom stereocenters. The Morgan fingerprint density at radius 1 is 1.42 bits per heavy atom. The van der Waals surface area contributed by atoms with Crippen molar-refractivity contribution in [2.75, 3.05) is 7.11 Å². The minimum Gasteiger partial charge on any atom is -0.497 e. The van der Waals surface area contributed by atoms with Gasteiger partial charge in [-0.25, -0.2) is 0 Å². The number of ether oxygens (including phenoxy) is 1. The van der Waals surface area contributed by atoms with Crippen LogP contribution in [0.5, 0.6) is 5.75 Å². The molecule has 1 fully saturated rings. The van der Waals surface area contributed by atoms with Crippen LogP contribution in [0.1, 0.15) is 18.9 Å². The zero-order valence-electron chi connectivity index (χ0n) is 13.2. The fourth-order valence-corrected chi connectivity index (χ4v) is 2.74. The van der Waals surface area contributed by atoms with Crippen LogP contribution in [0.15, 0.2) is 40.5 Å².